The molecule has 1 heteroatoms. The van der Waals surface area contributed by atoms with Crippen molar-refractivity contribution in [3.8, 4) is 11.1 Å². The molecule has 82 valence electrons. The number of thiophene rings is 1. The lowest BCUT2D eigenvalue weighted by atomic mass is 9.93. The molecule has 1 heterocycles. The molecule has 1 aromatic heterocycles. The van der Waals surface area contributed by atoms with Crippen LogP contribution in [0.2, 0.25) is 0 Å². The number of rotatable bonds is 0. The largest absolute Gasteiger partial charge is 0.144 e. The van der Waals surface area contributed by atoms with E-state index in [2.05, 4.69) is 51.1 Å². The van der Waals surface area contributed by atoms with Crippen molar-refractivity contribution in [3.05, 3.63) is 45.6 Å². The predicted molar refractivity (Wildman–Crippen MR) is 71.3 cm³/mol. The van der Waals surface area contributed by atoms with Crippen molar-refractivity contribution in [2.75, 3.05) is 0 Å². The first-order chi connectivity index (χ1) is 7.55. The average molecular weight is 228 g/mol. The second kappa shape index (κ2) is 3.21. The van der Waals surface area contributed by atoms with E-state index in [4.69, 9.17) is 0 Å². The van der Waals surface area contributed by atoms with Crippen LogP contribution in [-0.4, -0.2) is 0 Å². The Morgan fingerprint density at radius 1 is 1.06 bits per heavy atom. The Morgan fingerprint density at radius 3 is 2.56 bits per heavy atom. The van der Waals surface area contributed by atoms with Gasteiger partial charge in [0, 0.05) is 16.2 Å². The molecule has 0 aliphatic heterocycles. The van der Waals surface area contributed by atoms with E-state index in [-0.39, 0.29) is 5.41 Å². The van der Waals surface area contributed by atoms with Gasteiger partial charge in [-0.05, 0) is 28.2 Å². The fraction of sp³-hybridized carbons (Fsp3) is 0.333. The minimum Gasteiger partial charge on any atom is -0.144 e. The summed E-state index contributed by atoms with van der Waals surface area (Å²) in [5.41, 5.74) is 4.70. The first kappa shape index (κ1) is 10.1. The third-order valence-corrected chi connectivity index (χ3v) is 4.77. The molecule has 16 heavy (non-hydrogen) atoms. The molecule has 0 nitrogen and oxygen atoms in total. The fourth-order valence-electron chi connectivity index (χ4n) is 2.27. The molecular formula is C15H16S. The maximum Gasteiger partial charge on any atom is 0.0171 e. The Labute approximate surface area is 101 Å². The molecule has 0 saturated heterocycles. The van der Waals surface area contributed by atoms with Crippen molar-refractivity contribution in [2.24, 2.45) is 0 Å². The van der Waals surface area contributed by atoms with E-state index in [0.717, 1.165) is 6.42 Å². The standard InChI is InChI=1S/C15H16S/c1-15(2,3)14-9-12-11-7-5-4-6-10(11)8-13(12)16-14/h4-7,9H,8H2,1-3H3. The lowest BCUT2D eigenvalue weighted by Crippen LogP contribution is -2.08. The molecule has 0 radical (unpaired) electrons. The van der Waals surface area contributed by atoms with Gasteiger partial charge in [0.05, 0.1) is 0 Å². The van der Waals surface area contributed by atoms with Crippen LogP contribution in [0.3, 0.4) is 0 Å². The first-order valence-corrected chi connectivity index (χ1v) is 6.59. The molecule has 2 aromatic rings. The van der Waals surface area contributed by atoms with Crippen molar-refractivity contribution in [2.45, 2.75) is 32.6 Å². The van der Waals surface area contributed by atoms with E-state index < -0.39 is 0 Å². The van der Waals surface area contributed by atoms with Crippen LogP contribution in [0.1, 0.15) is 36.1 Å². The summed E-state index contributed by atoms with van der Waals surface area (Å²) in [4.78, 5) is 3.05. The van der Waals surface area contributed by atoms with Gasteiger partial charge in [-0.3, -0.25) is 0 Å². The Bertz CT molecular complexity index is 541. The van der Waals surface area contributed by atoms with Gasteiger partial charge in [0.1, 0.15) is 0 Å². The van der Waals surface area contributed by atoms with E-state index in [1.54, 1.807) is 4.88 Å². The highest BCUT2D eigenvalue weighted by Gasteiger charge is 2.25. The predicted octanol–water partition coefficient (Wildman–Crippen LogP) is 4.62. The Morgan fingerprint density at radius 2 is 1.81 bits per heavy atom. The van der Waals surface area contributed by atoms with Crippen LogP contribution in [0.15, 0.2) is 30.3 Å². The fourth-order valence-corrected chi connectivity index (χ4v) is 3.52. The van der Waals surface area contributed by atoms with Gasteiger partial charge < -0.3 is 0 Å². The Hall–Kier alpha value is -1.08. The summed E-state index contributed by atoms with van der Waals surface area (Å²) >= 11 is 1.99. The van der Waals surface area contributed by atoms with Crippen LogP contribution in [0.4, 0.5) is 0 Å². The van der Waals surface area contributed by atoms with Crippen LogP contribution >= 0.6 is 11.3 Å². The molecule has 1 aliphatic carbocycles. The molecule has 1 aromatic carbocycles. The molecule has 0 spiro atoms. The zero-order valence-electron chi connectivity index (χ0n) is 10.0. The number of benzene rings is 1. The van der Waals surface area contributed by atoms with Crippen molar-refractivity contribution >= 4 is 11.3 Å². The van der Waals surface area contributed by atoms with Gasteiger partial charge in [0.15, 0.2) is 0 Å². The van der Waals surface area contributed by atoms with Crippen LogP contribution in [0, 0.1) is 0 Å². The molecule has 1 aliphatic rings. The van der Waals surface area contributed by atoms with E-state index in [0.29, 0.717) is 0 Å². The maximum absolute atomic E-state index is 2.39. The number of hydrogen-bond acceptors (Lipinski definition) is 1. The Kier molecular flexibility index (Phi) is 2.02. The SMILES string of the molecule is CC(C)(C)c1cc2c(s1)Cc1ccccc1-2. The highest BCUT2D eigenvalue weighted by Crippen LogP contribution is 2.44. The molecule has 0 unspecified atom stereocenters. The summed E-state index contributed by atoms with van der Waals surface area (Å²) < 4.78 is 0. The van der Waals surface area contributed by atoms with Gasteiger partial charge in [-0.15, -0.1) is 11.3 Å². The van der Waals surface area contributed by atoms with Crippen molar-refractivity contribution in [1.29, 1.82) is 0 Å². The second-order valence-corrected chi connectivity index (χ2v) is 6.67. The summed E-state index contributed by atoms with van der Waals surface area (Å²) in [6.45, 7) is 6.87. The monoisotopic (exact) mass is 228 g/mol. The zero-order valence-corrected chi connectivity index (χ0v) is 10.8. The second-order valence-electron chi connectivity index (χ2n) is 5.53. The molecule has 0 atom stereocenters. The van der Waals surface area contributed by atoms with Crippen molar-refractivity contribution in [1.82, 2.24) is 0 Å². The van der Waals surface area contributed by atoms with Crippen LogP contribution in [0.25, 0.3) is 11.1 Å². The minimum atomic E-state index is 0.282. The van der Waals surface area contributed by atoms with E-state index in [1.165, 1.54) is 21.6 Å². The van der Waals surface area contributed by atoms with E-state index in [9.17, 15) is 0 Å². The first-order valence-electron chi connectivity index (χ1n) is 5.77. The van der Waals surface area contributed by atoms with Gasteiger partial charge in [-0.25, -0.2) is 0 Å². The molecular weight excluding hydrogens is 212 g/mol. The molecule has 0 saturated carbocycles. The maximum atomic E-state index is 2.39. The van der Waals surface area contributed by atoms with Crippen LogP contribution in [0.5, 0.6) is 0 Å². The van der Waals surface area contributed by atoms with Gasteiger partial charge in [0.25, 0.3) is 0 Å². The van der Waals surface area contributed by atoms with Gasteiger partial charge in [0.2, 0.25) is 0 Å². The third kappa shape index (κ3) is 1.42. The molecule has 3 rings (SSSR count). The summed E-state index contributed by atoms with van der Waals surface area (Å²) in [6.07, 6.45) is 1.13. The highest BCUT2D eigenvalue weighted by atomic mass is 32.1. The quantitative estimate of drug-likeness (QED) is 0.527. The van der Waals surface area contributed by atoms with Gasteiger partial charge in [-0.1, -0.05) is 45.0 Å². The van der Waals surface area contributed by atoms with Crippen molar-refractivity contribution in [3.63, 3.8) is 0 Å². The highest BCUT2D eigenvalue weighted by molar-refractivity contribution is 7.12. The number of fused-ring (bicyclic) bond motifs is 3. The third-order valence-electron chi connectivity index (χ3n) is 3.21. The molecule has 0 N–H and O–H groups in total. The topological polar surface area (TPSA) is 0 Å². The summed E-state index contributed by atoms with van der Waals surface area (Å²) in [5.74, 6) is 0. The summed E-state index contributed by atoms with van der Waals surface area (Å²) in [7, 11) is 0. The Balaban J connectivity index is 2.15. The molecule has 0 amide bonds. The number of hydrogen-bond donors (Lipinski definition) is 0. The average Bonchev–Trinajstić information content (AvgIpc) is 2.72. The smallest absolute Gasteiger partial charge is 0.0171 e. The lowest BCUT2D eigenvalue weighted by molar-refractivity contribution is 0.604. The summed E-state index contributed by atoms with van der Waals surface area (Å²) in [6, 6.07) is 11.2. The van der Waals surface area contributed by atoms with Gasteiger partial charge in [-0.2, -0.15) is 0 Å². The van der Waals surface area contributed by atoms with Crippen LogP contribution in [-0.2, 0) is 11.8 Å². The molecule has 0 bridgehead atoms. The van der Waals surface area contributed by atoms with Crippen molar-refractivity contribution < 1.29 is 0 Å². The summed E-state index contributed by atoms with van der Waals surface area (Å²) in [5, 5.41) is 0. The van der Waals surface area contributed by atoms with E-state index in [1.807, 2.05) is 11.3 Å². The normalized spacial score (nSPS) is 13.7. The minimum absolute atomic E-state index is 0.282. The molecule has 0 fully saturated rings. The van der Waals surface area contributed by atoms with Crippen LogP contribution < -0.4 is 0 Å². The van der Waals surface area contributed by atoms with Gasteiger partial charge >= 0.3 is 0 Å². The van der Waals surface area contributed by atoms with E-state index >= 15 is 0 Å². The zero-order chi connectivity index (χ0) is 11.3. The lowest BCUT2D eigenvalue weighted by Gasteiger charge is -2.15.